The molecule has 0 amide bonds. The molecule has 3 heterocycles. The standard InChI is InChI=1S/C19H21N7/c1-13(2)18(14-6-4-3-5-7-14)26-11-17(21-12-26)16-10-15(8-9-20-16)19-22-24-25-23-19/h3-11,13,18,21H,12H2,1-2H3,(H,22,23,24,25). The molecule has 1 aliphatic rings. The van der Waals surface area contributed by atoms with E-state index in [2.05, 4.69) is 86.2 Å². The number of nitrogens with zero attached hydrogens (tertiary/aromatic N) is 5. The average molecular weight is 347 g/mol. The molecule has 26 heavy (non-hydrogen) atoms. The fourth-order valence-electron chi connectivity index (χ4n) is 3.38. The summed E-state index contributed by atoms with van der Waals surface area (Å²) in [6, 6.07) is 14.8. The van der Waals surface area contributed by atoms with Crippen molar-refractivity contribution in [3.05, 3.63) is 66.1 Å². The van der Waals surface area contributed by atoms with Crippen LogP contribution in [0.15, 0.2) is 54.9 Å². The van der Waals surface area contributed by atoms with Crippen molar-refractivity contribution in [3.8, 4) is 11.4 Å². The normalized spacial score (nSPS) is 15.0. The van der Waals surface area contributed by atoms with Gasteiger partial charge in [-0.2, -0.15) is 5.21 Å². The Morgan fingerprint density at radius 2 is 1.96 bits per heavy atom. The summed E-state index contributed by atoms with van der Waals surface area (Å²) >= 11 is 0. The Kier molecular flexibility index (Phi) is 4.35. The summed E-state index contributed by atoms with van der Waals surface area (Å²) in [6.07, 6.45) is 3.92. The molecular formula is C19H21N7. The number of rotatable bonds is 5. The molecule has 0 fully saturated rings. The van der Waals surface area contributed by atoms with E-state index < -0.39 is 0 Å². The van der Waals surface area contributed by atoms with Gasteiger partial charge in [-0.25, -0.2) is 0 Å². The fourth-order valence-corrected chi connectivity index (χ4v) is 3.38. The Balaban J connectivity index is 1.62. The van der Waals surface area contributed by atoms with Crippen LogP contribution in [0.25, 0.3) is 17.1 Å². The smallest absolute Gasteiger partial charge is 0.204 e. The molecule has 7 nitrogen and oxygen atoms in total. The molecule has 1 unspecified atom stereocenters. The number of hydrogen-bond donors (Lipinski definition) is 2. The molecule has 2 aromatic heterocycles. The summed E-state index contributed by atoms with van der Waals surface area (Å²) in [4.78, 5) is 6.83. The van der Waals surface area contributed by atoms with Crippen molar-refractivity contribution >= 4 is 5.70 Å². The van der Waals surface area contributed by atoms with Gasteiger partial charge in [0.05, 0.1) is 24.1 Å². The van der Waals surface area contributed by atoms with Crippen molar-refractivity contribution in [1.82, 2.24) is 35.8 Å². The number of benzene rings is 1. The van der Waals surface area contributed by atoms with E-state index in [9.17, 15) is 0 Å². The van der Waals surface area contributed by atoms with Gasteiger partial charge in [0, 0.05) is 18.0 Å². The molecule has 0 saturated carbocycles. The van der Waals surface area contributed by atoms with Gasteiger partial charge in [0.1, 0.15) is 0 Å². The Morgan fingerprint density at radius 3 is 2.69 bits per heavy atom. The summed E-state index contributed by atoms with van der Waals surface area (Å²) in [5.74, 6) is 1.04. The summed E-state index contributed by atoms with van der Waals surface area (Å²) in [5.41, 5.74) is 4.06. The van der Waals surface area contributed by atoms with Crippen LogP contribution in [0.1, 0.15) is 31.1 Å². The maximum absolute atomic E-state index is 4.50. The van der Waals surface area contributed by atoms with Crippen molar-refractivity contribution in [2.45, 2.75) is 19.9 Å². The fraction of sp³-hybridized carbons (Fsp3) is 0.263. The van der Waals surface area contributed by atoms with Gasteiger partial charge in [-0.1, -0.05) is 44.2 Å². The third-order valence-electron chi connectivity index (χ3n) is 4.52. The van der Waals surface area contributed by atoms with E-state index in [1.165, 1.54) is 5.56 Å². The van der Waals surface area contributed by atoms with Gasteiger partial charge in [0.25, 0.3) is 0 Å². The van der Waals surface area contributed by atoms with Gasteiger partial charge >= 0.3 is 0 Å². The van der Waals surface area contributed by atoms with E-state index >= 15 is 0 Å². The molecule has 3 aromatic rings. The Labute approximate surface area is 152 Å². The largest absolute Gasteiger partial charge is 0.365 e. The summed E-state index contributed by atoms with van der Waals surface area (Å²) in [5, 5.41) is 17.6. The zero-order valence-corrected chi connectivity index (χ0v) is 14.8. The molecule has 0 spiro atoms. The second kappa shape index (κ2) is 6.95. The molecule has 1 aliphatic heterocycles. The number of aromatic amines is 1. The minimum Gasteiger partial charge on any atom is -0.365 e. The summed E-state index contributed by atoms with van der Waals surface area (Å²) < 4.78 is 0. The topological polar surface area (TPSA) is 82.6 Å². The SMILES string of the molecule is CC(C)C(c1ccccc1)N1C=C(c2cc(-c3nn[nH]n3)ccn2)NC1. The second-order valence-corrected chi connectivity index (χ2v) is 6.66. The quantitative estimate of drug-likeness (QED) is 0.738. The number of tetrazole rings is 1. The predicted octanol–water partition coefficient (Wildman–Crippen LogP) is 2.82. The molecule has 2 N–H and O–H groups in total. The Morgan fingerprint density at radius 1 is 1.12 bits per heavy atom. The van der Waals surface area contributed by atoms with Gasteiger partial charge in [0.15, 0.2) is 0 Å². The van der Waals surface area contributed by atoms with Crippen LogP contribution >= 0.6 is 0 Å². The van der Waals surface area contributed by atoms with E-state index in [-0.39, 0.29) is 0 Å². The number of H-pyrrole nitrogens is 1. The van der Waals surface area contributed by atoms with E-state index in [1.54, 1.807) is 6.20 Å². The molecule has 0 radical (unpaired) electrons. The van der Waals surface area contributed by atoms with E-state index in [4.69, 9.17) is 0 Å². The van der Waals surface area contributed by atoms with Crippen LogP contribution in [0, 0.1) is 5.92 Å². The first-order valence-electron chi connectivity index (χ1n) is 8.69. The van der Waals surface area contributed by atoms with Crippen LogP contribution in [-0.2, 0) is 0 Å². The van der Waals surface area contributed by atoms with Crippen LogP contribution in [0.2, 0.25) is 0 Å². The maximum Gasteiger partial charge on any atom is 0.204 e. The lowest BCUT2D eigenvalue weighted by Crippen LogP contribution is -2.29. The van der Waals surface area contributed by atoms with Crippen LogP contribution < -0.4 is 5.32 Å². The highest BCUT2D eigenvalue weighted by Gasteiger charge is 2.25. The Hall–Kier alpha value is -3.22. The van der Waals surface area contributed by atoms with E-state index in [0.717, 1.165) is 23.6 Å². The third kappa shape index (κ3) is 3.15. The van der Waals surface area contributed by atoms with Gasteiger partial charge < -0.3 is 10.2 Å². The number of nitrogens with one attached hydrogen (secondary N) is 2. The van der Waals surface area contributed by atoms with Crippen LogP contribution in [0.3, 0.4) is 0 Å². The minimum atomic E-state index is 0.307. The first-order valence-corrected chi connectivity index (χ1v) is 8.69. The zero-order chi connectivity index (χ0) is 17.9. The number of aromatic nitrogens is 5. The lowest BCUT2D eigenvalue weighted by molar-refractivity contribution is 0.231. The summed E-state index contributed by atoms with van der Waals surface area (Å²) in [6.45, 7) is 5.25. The Bertz CT molecular complexity index is 887. The molecule has 1 atom stereocenters. The molecule has 1 aromatic carbocycles. The summed E-state index contributed by atoms with van der Waals surface area (Å²) in [7, 11) is 0. The van der Waals surface area contributed by atoms with E-state index in [0.29, 0.717) is 17.8 Å². The van der Waals surface area contributed by atoms with Crippen LogP contribution in [0.5, 0.6) is 0 Å². The van der Waals surface area contributed by atoms with Gasteiger partial charge in [-0.15, -0.1) is 10.2 Å². The first kappa shape index (κ1) is 16.3. The van der Waals surface area contributed by atoms with Crippen LogP contribution in [0.4, 0.5) is 0 Å². The van der Waals surface area contributed by atoms with Crippen LogP contribution in [-0.4, -0.2) is 37.2 Å². The average Bonchev–Trinajstić information content (AvgIpc) is 3.35. The zero-order valence-electron chi connectivity index (χ0n) is 14.8. The molecule has 132 valence electrons. The molecule has 7 heteroatoms. The monoisotopic (exact) mass is 347 g/mol. The lowest BCUT2D eigenvalue weighted by Gasteiger charge is -2.31. The highest BCUT2D eigenvalue weighted by molar-refractivity contribution is 5.67. The van der Waals surface area contributed by atoms with Gasteiger partial charge in [0.2, 0.25) is 5.82 Å². The number of hydrogen-bond acceptors (Lipinski definition) is 6. The molecular weight excluding hydrogens is 326 g/mol. The van der Waals surface area contributed by atoms with Crippen molar-refractivity contribution in [2.75, 3.05) is 6.67 Å². The highest BCUT2D eigenvalue weighted by atomic mass is 15.5. The molecule has 0 bridgehead atoms. The second-order valence-electron chi connectivity index (χ2n) is 6.66. The maximum atomic E-state index is 4.50. The number of pyridine rings is 1. The minimum absolute atomic E-state index is 0.307. The van der Waals surface area contributed by atoms with Crippen molar-refractivity contribution in [2.24, 2.45) is 5.92 Å². The van der Waals surface area contributed by atoms with Gasteiger partial charge in [-0.05, 0) is 28.8 Å². The molecule has 0 aliphatic carbocycles. The molecule has 4 rings (SSSR count). The predicted molar refractivity (Wildman–Crippen MR) is 99.2 cm³/mol. The van der Waals surface area contributed by atoms with Gasteiger partial charge in [-0.3, -0.25) is 4.98 Å². The highest BCUT2D eigenvalue weighted by Crippen LogP contribution is 2.32. The third-order valence-corrected chi connectivity index (χ3v) is 4.52. The lowest BCUT2D eigenvalue weighted by atomic mass is 9.95. The van der Waals surface area contributed by atoms with Crippen molar-refractivity contribution in [3.63, 3.8) is 0 Å². The first-order chi connectivity index (χ1) is 12.7. The van der Waals surface area contributed by atoms with Crippen molar-refractivity contribution in [1.29, 1.82) is 0 Å². The van der Waals surface area contributed by atoms with E-state index in [1.807, 2.05) is 12.1 Å². The van der Waals surface area contributed by atoms with Crippen molar-refractivity contribution < 1.29 is 0 Å². The molecule has 0 saturated heterocycles.